The number of carbonyl (C=O) groups excluding carboxylic acids is 2. The Balaban J connectivity index is 2.44. The van der Waals surface area contributed by atoms with Gasteiger partial charge in [0, 0.05) is 30.6 Å². The van der Waals surface area contributed by atoms with E-state index in [2.05, 4.69) is 15.3 Å². The van der Waals surface area contributed by atoms with Crippen LogP contribution in [0.1, 0.15) is 55.5 Å². The Morgan fingerprint density at radius 3 is 2.65 bits per heavy atom. The van der Waals surface area contributed by atoms with E-state index in [1.165, 1.54) is 6.20 Å². The van der Waals surface area contributed by atoms with Crippen molar-refractivity contribution < 1.29 is 14.3 Å². The molecule has 1 amide bonds. The molecule has 0 aromatic carbocycles. The van der Waals surface area contributed by atoms with Crippen LogP contribution in [-0.2, 0) is 9.53 Å². The zero-order valence-corrected chi connectivity index (χ0v) is 15.2. The van der Waals surface area contributed by atoms with E-state index in [4.69, 9.17) is 15.9 Å². The number of nitrogens with two attached hydrogens (primary N) is 1. The number of aliphatic imine (C=N–C) groups is 1. The first-order valence-corrected chi connectivity index (χ1v) is 8.81. The topological polar surface area (TPSA) is 131 Å². The highest BCUT2D eigenvalue weighted by molar-refractivity contribution is 6.04. The Kier molecular flexibility index (Phi) is 6.82. The molecule has 1 aromatic heterocycles. The smallest absolute Gasteiger partial charge is 0.341 e. The molecule has 2 rings (SSSR count). The second-order valence-electron chi connectivity index (χ2n) is 6.03. The summed E-state index contributed by atoms with van der Waals surface area (Å²) in [6.45, 7) is 4.52. The third-order valence-electron chi connectivity index (χ3n) is 4.31. The van der Waals surface area contributed by atoms with Gasteiger partial charge >= 0.3 is 5.97 Å². The maximum absolute atomic E-state index is 12.3. The minimum Gasteiger partial charge on any atom is -0.462 e. The number of hydrogen-bond donors (Lipinski definition) is 3. The maximum atomic E-state index is 12.3. The minimum atomic E-state index is -0.517. The first-order valence-electron chi connectivity index (χ1n) is 8.81. The van der Waals surface area contributed by atoms with Crippen LogP contribution in [0.5, 0.6) is 0 Å². The van der Waals surface area contributed by atoms with Crippen molar-refractivity contribution in [2.45, 2.75) is 39.5 Å². The third-order valence-corrected chi connectivity index (χ3v) is 4.31. The monoisotopic (exact) mass is 359 g/mol. The van der Waals surface area contributed by atoms with Gasteiger partial charge in [0.05, 0.1) is 17.9 Å². The SMILES string of the molecule is CCNc1ncc(C(=O)OCC)c(N=C2CCC(C(N)=O)CC2)c1C=N. The van der Waals surface area contributed by atoms with Gasteiger partial charge in [-0.05, 0) is 39.5 Å². The van der Waals surface area contributed by atoms with E-state index < -0.39 is 5.97 Å². The molecule has 0 bridgehead atoms. The lowest BCUT2D eigenvalue weighted by atomic mass is 9.87. The molecule has 0 aliphatic heterocycles. The standard InChI is InChI=1S/C18H25N5O3/c1-3-21-17-13(9-19)15(14(10-22-17)18(25)26-4-2)23-12-7-5-11(6-8-12)16(20)24/h9-11,19H,3-8H2,1-2H3,(H2,20,24)(H,21,22). The summed E-state index contributed by atoms with van der Waals surface area (Å²) in [6, 6.07) is 0. The molecule has 0 spiro atoms. The second kappa shape index (κ2) is 9.07. The Morgan fingerprint density at radius 2 is 2.12 bits per heavy atom. The summed E-state index contributed by atoms with van der Waals surface area (Å²) >= 11 is 0. The largest absolute Gasteiger partial charge is 0.462 e. The number of nitrogens with zero attached hydrogens (tertiary/aromatic N) is 2. The van der Waals surface area contributed by atoms with Gasteiger partial charge in [-0.25, -0.2) is 9.78 Å². The van der Waals surface area contributed by atoms with Crippen molar-refractivity contribution in [1.29, 1.82) is 5.41 Å². The van der Waals surface area contributed by atoms with Crippen LogP contribution in [0.2, 0.25) is 0 Å². The van der Waals surface area contributed by atoms with Crippen LogP contribution in [0.15, 0.2) is 11.2 Å². The normalized spacial score (nSPS) is 16.7. The number of aromatic nitrogens is 1. The van der Waals surface area contributed by atoms with Crippen molar-refractivity contribution >= 4 is 35.3 Å². The van der Waals surface area contributed by atoms with E-state index >= 15 is 0 Å². The lowest BCUT2D eigenvalue weighted by Crippen LogP contribution is -2.27. The van der Waals surface area contributed by atoms with Gasteiger partial charge in [-0.3, -0.25) is 9.79 Å². The van der Waals surface area contributed by atoms with Gasteiger partial charge in [-0.15, -0.1) is 0 Å². The van der Waals surface area contributed by atoms with Gasteiger partial charge in [-0.2, -0.15) is 0 Å². The number of esters is 1. The summed E-state index contributed by atoms with van der Waals surface area (Å²) in [5.41, 5.74) is 7.32. The molecule has 0 atom stereocenters. The average molecular weight is 359 g/mol. The maximum Gasteiger partial charge on any atom is 0.341 e. The number of primary amides is 1. The van der Waals surface area contributed by atoms with Gasteiger partial charge in [0.15, 0.2) is 0 Å². The third kappa shape index (κ3) is 4.44. The van der Waals surface area contributed by atoms with Crippen molar-refractivity contribution in [3.05, 3.63) is 17.3 Å². The molecule has 0 saturated heterocycles. The lowest BCUT2D eigenvalue weighted by Gasteiger charge is -2.21. The highest BCUT2D eigenvalue weighted by atomic mass is 16.5. The highest BCUT2D eigenvalue weighted by Crippen LogP contribution is 2.31. The van der Waals surface area contributed by atoms with Crippen LogP contribution in [0.4, 0.5) is 11.5 Å². The zero-order valence-electron chi connectivity index (χ0n) is 15.2. The van der Waals surface area contributed by atoms with Gasteiger partial charge in [-0.1, -0.05) is 0 Å². The van der Waals surface area contributed by atoms with E-state index in [0.29, 0.717) is 49.3 Å². The molecule has 0 radical (unpaired) electrons. The molecule has 1 heterocycles. The Morgan fingerprint density at radius 1 is 1.42 bits per heavy atom. The van der Waals surface area contributed by atoms with Crippen LogP contribution >= 0.6 is 0 Å². The van der Waals surface area contributed by atoms with E-state index in [9.17, 15) is 9.59 Å². The Bertz CT molecular complexity index is 720. The van der Waals surface area contributed by atoms with E-state index in [0.717, 1.165) is 11.9 Å². The van der Waals surface area contributed by atoms with Gasteiger partial charge in [0.2, 0.25) is 5.91 Å². The molecule has 140 valence electrons. The number of amides is 1. The second-order valence-corrected chi connectivity index (χ2v) is 6.03. The number of carbonyl (C=O) groups is 2. The summed E-state index contributed by atoms with van der Waals surface area (Å²) in [5, 5.41) is 10.8. The van der Waals surface area contributed by atoms with Crippen LogP contribution in [0, 0.1) is 11.3 Å². The molecule has 1 fully saturated rings. The average Bonchev–Trinajstić information content (AvgIpc) is 2.63. The number of rotatable bonds is 7. The lowest BCUT2D eigenvalue weighted by molar-refractivity contribution is -0.122. The minimum absolute atomic E-state index is 0.129. The molecule has 8 nitrogen and oxygen atoms in total. The van der Waals surface area contributed by atoms with Crippen molar-refractivity contribution in [2.75, 3.05) is 18.5 Å². The van der Waals surface area contributed by atoms with Crippen LogP contribution in [0.3, 0.4) is 0 Å². The van der Waals surface area contributed by atoms with Gasteiger partial charge in [0.1, 0.15) is 11.4 Å². The fourth-order valence-electron chi connectivity index (χ4n) is 2.95. The summed E-state index contributed by atoms with van der Waals surface area (Å²) < 4.78 is 5.10. The summed E-state index contributed by atoms with van der Waals surface area (Å²) in [4.78, 5) is 32.5. The fraction of sp³-hybridized carbons (Fsp3) is 0.500. The molecule has 1 saturated carbocycles. The zero-order chi connectivity index (χ0) is 19.1. The molecular formula is C18H25N5O3. The van der Waals surface area contributed by atoms with Crippen LogP contribution < -0.4 is 11.1 Å². The first-order chi connectivity index (χ1) is 12.5. The molecular weight excluding hydrogens is 334 g/mol. The number of nitrogens with one attached hydrogen (secondary N) is 2. The predicted molar refractivity (Wildman–Crippen MR) is 100 cm³/mol. The van der Waals surface area contributed by atoms with Crippen molar-refractivity contribution in [3.8, 4) is 0 Å². The number of pyridine rings is 1. The predicted octanol–water partition coefficient (Wildman–Crippen LogP) is 2.44. The Labute approximate surface area is 152 Å². The summed E-state index contributed by atoms with van der Waals surface area (Å²) in [6.07, 6.45) is 5.12. The number of anilines is 1. The summed E-state index contributed by atoms with van der Waals surface area (Å²) in [5.74, 6) is -0.428. The van der Waals surface area contributed by atoms with E-state index in [1.807, 2.05) is 6.92 Å². The number of hydrogen-bond acceptors (Lipinski definition) is 7. The van der Waals surface area contributed by atoms with Crippen LogP contribution in [-0.4, -0.2) is 41.9 Å². The molecule has 1 aromatic rings. The fourth-order valence-corrected chi connectivity index (χ4v) is 2.95. The Hall–Kier alpha value is -2.77. The molecule has 4 N–H and O–H groups in total. The molecule has 8 heteroatoms. The number of ether oxygens (including phenoxy) is 1. The van der Waals surface area contributed by atoms with Crippen molar-refractivity contribution in [1.82, 2.24) is 4.98 Å². The van der Waals surface area contributed by atoms with Gasteiger partial charge < -0.3 is 21.2 Å². The van der Waals surface area contributed by atoms with Crippen molar-refractivity contribution in [3.63, 3.8) is 0 Å². The van der Waals surface area contributed by atoms with E-state index in [-0.39, 0.29) is 24.0 Å². The molecule has 1 aliphatic carbocycles. The molecule has 1 aliphatic rings. The van der Waals surface area contributed by atoms with Crippen molar-refractivity contribution in [2.24, 2.45) is 16.6 Å². The van der Waals surface area contributed by atoms with Gasteiger partial charge in [0.25, 0.3) is 0 Å². The molecule has 26 heavy (non-hydrogen) atoms. The van der Waals surface area contributed by atoms with Crippen LogP contribution in [0.25, 0.3) is 0 Å². The van der Waals surface area contributed by atoms with E-state index in [1.54, 1.807) is 6.92 Å². The molecule has 0 unspecified atom stereocenters. The quantitative estimate of drug-likeness (QED) is 0.508. The highest BCUT2D eigenvalue weighted by Gasteiger charge is 2.24. The summed E-state index contributed by atoms with van der Waals surface area (Å²) in [7, 11) is 0. The first kappa shape index (κ1) is 19.6.